The van der Waals surface area contributed by atoms with E-state index in [4.69, 9.17) is 0 Å². The van der Waals surface area contributed by atoms with Crippen molar-refractivity contribution in [3.05, 3.63) is 36.0 Å². The van der Waals surface area contributed by atoms with E-state index in [0.29, 0.717) is 0 Å². The molecule has 2 aromatic heterocycles. The van der Waals surface area contributed by atoms with Crippen molar-refractivity contribution in [2.45, 2.75) is 6.92 Å². The number of fused-ring (bicyclic) bond motifs is 1. The lowest BCUT2D eigenvalue weighted by atomic mass is 10.3. The first-order chi connectivity index (χ1) is 7.75. The van der Waals surface area contributed by atoms with Gasteiger partial charge in [0.15, 0.2) is 5.52 Å². The van der Waals surface area contributed by atoms with Crippen molar-refractivity contribution in [3.8, 4) is 5.69 Å². The van der Waals surface area contributed by atoms with Gasteiger partial charge in [-0.05, 0) is 19.1 Å². The Balaban J connectivity index is 2.32. The lowest BCUT2D eigenvalue weighted by molar-refractivity contribution is 0.654. The molecule has 0 aliphatic carbocycles. The van der Waals surface area contributed by atoms with Crippen LogP contribution in [0.3, 0.4) is 0 Å². The SMILES string of the molecule is Cc1nn(-c2ccccc2)c2nn(C)nc12. The molecule has 5 heteroatoms. The monoisotopic (exact) mass is 213 g/mol. The zero-order valence-electron chi connectivity index (χ0n) is 9.12. The van der Waals surface area contributed by atoms with Gasteiger partial charge in [0.2, 0.25) is 5.65 Å². The second kappa shape index (κ2) is 3.16. The van der Waals surface area contributed by atoms with Crippen LogP contribution in [0, 0.1) is 6.92 Å². The molecule has 3 rings (SSSR count). The van der Waals surface area contributed by atoms with Crippen LogP contribution in [0.4, 0.5) is 0 Å². The van der Waals surface area contributed by atoms with Gasteiger partial charge in [-0.25, -0.2) is 4.68 Å². The minimum Gasteiger partial charge on any atom is -0.211 e. The highest BCUT2D eigenvalue weighted by Gasteiger charge is 2.13. The summed E-state index contributed by atoms with van der Waals surface area (Å²) < 4.78 is 1.82. The van der Waals surface area contributed by atoms with Crippen molar-refractivity contribution >= 4 is 11.2 Å². The lowest BCUT2D eigenvalue weighted by Gasteiger charge is -1.99. The van der Waals surface area contributed by atoms with Crippen LogP contribution in [0.2, 0.25) is 0 Å². The normalized spacial score (nSPS) is 11.1. The van der Waals surface area contributed by atoms with Crippen molar-refractivity contribution in [2.75, 3.05) is 0 Å². The number of hydrogen-bond donors (Lipinski definition) is 0. The van der Waals surface area contributed by atoms with Crippen LogP contribution in [-0.2, 0) is 7.05 Å². The second-order valence-corrected chi connectivity index (χ2v) is 3.69. The number of aromatic nitrogens is 5. The molecule has 0 atom stereocenters. The number of benzene rings is 1. The summed E-state index contributed by atoms with van der Waals surface area (Å²) in [6.45, 7) is 1.94. The first kappa shape index (κ1) is 9.08. The van der Waals surface area contributed by atoms with E-state index in [2.05, 4.69) is 15.3 Å². The molecule has 0 saturated heterocycles. The average Bonchev–Trinajstić information content (AvgIpc) is 2.80. The molecule has 0 fully saturated rings. The first-order valence-corrected chi connectivity index (χ1v) is 5.08. The maximum Gasteiger partial charge on any atom is 0.205 e. The van der Waals surface area contributed by atoms with Gasteiger partial charge in [0.1, 0.15) is 0 Å². The fourth-order valence-electron chi connectivity index (χ4n) is 1.77. The highest BCUT2D eigenvalue weighted by Crippen LogP contribution is 2.17. The predicted molar refractivity (Wildman–Crippen MR) is 60.4 cm³/mol. The summed E-state index contributed by atoms with van der Waals surface area (Å²) in [5, 5.41) is 13.0. The van der Waals surface area contributed by atoms with Crippen molar-refractivity contribution in [2.24, 2.45) is 7.05 Å². The Labute approximate surface area is 92.3 Å². The zero-order valence-corrected chi connectivity index (χ0v) is 9.12. The van der Waals surface area contributed by atoms with E-state index in [0.717, 1.165) is 22.5 Å². The van der Waals surface area contributed by atoms with Gasteiger partial charge in [-0.3, -0.25) is 0 Å². The Kier molecular flexibility index (Phi) is 1.80. The molecule has 0 saturated carbocycles. The molecule has 1 aromatic carbocycles. The van der Waals surface area contributed by atoms with Crippen LogP contribution in [0.5, 0.6) is 0 Å². The van der Waals surface area contributed by atoms with E-state index in [1.54, 1.807) is 4.80 Å². The van der Waals surface area contributed by atoms with Gasteiger partial charge in [0.05, 0.1) is 11.4 Å². The number of hydrogen-bond acceptors (Lipinski definition) is 3. The fourth-order valence-corrected chi connectivity index (χ4v) is 1.77. The third-order valence-electron chi connectivity index (χ3n) is 2.49. The van der Waals surface area contributed by atoms with Crippen LogP contribution in [0.15, 0.2) is 30.3 Å². The molecule has 0 aliphatic rings. The minimum absolute atomic E-state index is 0.797. The van der Waals surface area contributed by atoms with E-state index in [9.17, 15) is 0 Å². The van der Waals surface area contributed by atoms with Gasteiger partial charge >= 0.3 is 0 Å². The molecule has 0 amide bonds. The lowest BCUT2D eigenvalue weighted by Crippen LogP contribution is -1.99. The molecule has 0 N–H and O–H groups in total. The van der Waals surface area contributed by atoms with Gasteiger partial charge in [0, 0.05) is 7.05 Å². The Hall–Kier alpha value is -2.17. The molecule has 5 nitrogen and oxygen atoms in total. The minimum atomic E-state index is 0.797. The number of rotatable bonds is 1. The van der Waals surface area contributed by atoms with Crippen molar-refractivity contribution < 1.29 is 0 Å². The molecule has 0 radical (unpaired) electrons. The standard InChI is InChI=1S/C11H11N5/c1-8-10-11(14-15(2)13-10)16(12-8)9-6-4-3-5-7-9/h3-7H,1-2H3. The summed E-state index contributed by atoms with van der Waals surface area (Å²) in [7, 11) is 1.81. The quantitative estimate of drug-likeness (QED) is 0.615. The van der Waals surface area contributed by atoms with Crippen LogP contribution < -0.4 is 0 Å². The summed E-state index contributed by atoms with van der Waals surface area (Å²) in [6, 6.07) is 9.94. The Morgan fingerprint density at radius 1 is 1.00 bits per heavy atom. The summed E-state index contributed by atoms with van der Waals surface area (Å²) >= 11 is 0. The predicted octanol–water partition coefficient (Wildman–Crippen LogP) is 1.46. The summed E-state index contributed by atoms with van der Waals surface area (Å²) in [4.78, 5) is 1.57. The maximum absolute atomic E-state index is 4.44. The number of para-hydroxylation sites is 1. The maximum atomic E-state index is 4.44. The Morgan fingerprint density at radius 2 is 1.75 bits per heavy atom. The van der Waals surface area contributed by atoms with Crippen molar-refractivity contribution in [1.29, 1.82) is 0 Å². The van der Waals surface area contributed by atoms with Crippen molar-refractivity contribution in [1.82, 2.24) is 24.8 Å². The van der Waals surface area contributed by atoms with Gasteiger partial charge in [-0.2, -0.15) is 9.90 Å². The second-order valence-electron chi connectivity index (χ2n) is 3.69. The van der Waals surface area contributed by atoms with E-state index < -0.39 is 0 Å². The molecule has 0 bridgehead atoms. The fraction of sp³-hybridized carbons (Fsp3) is 0.182. The molecule has 2 heterocycles. The third kappa shape index (κ3) is 1.21. The number of aryl methyl sites for hydroxylation is 2. The van der Waals surface area contributed by atoms with Crippen LogP contribution in [-0.4, -0.2) is 24.8 Å². The first-order valence-electron chi connectivity index (χ1n) is 5.08. The van der Waals surface area contributed by atoms with E-state index in [1.807, 2.05) is 49.0 Å². The summed E-state index contributed by atoms with van der Waals surface area (Å²) in [5.41, 5.74) is 3.55. The topological polar surface area (TPSA) is 48.5 Å². The summed E-state index contributed by atoms with van der Waals surface area (Å²) in [6.07, 6.45) is 0. The van der Waals surface area contributed by atoms with Gasteiger partial charge in [-0.1, -0.05) is 18.2 Å². The Bertz CT molecular complexity index is 635. The van der Waals surface area contributed by atoms with Crippen LogP contribution >= 0.6 is 0 Å². The van der Waals surface area contributed by atoms with Gasteiger partial charge < -0.3 is 0 Å². The third-order valence-corrected chi connectivity index (χ3v) is 2.49. The highest BCUT2D eigenvalue weighted by molar-refractivity contribution is 5.74. The zero-order chi connectivity index (χ0) is 11.1. The number of nitrogens with zero attached hydrogens (tertiary/aromatic N) is 5. The highest BCUT2D eigenvalue weighted by atomic mass is 15.5. The Morgan fingerprint density at radius 3 is 2.50 bits per heavy atom. The van der Waals surface area contributed by atoms with Crippen LogP contribution in [0.25, 0.3) is 16.9 Å². The average molecular weight is 213 g/mol. The van der Waals surface area contributed by atoms with Crippen LogP contribution in [0.1, 0.15) is 5.69 Å². The molecule has 3 aromatic rings. The van der Waals surface area contributed by atoms with E-state index in [1.165, 1.54) is 0 Å². The van der Waals surface area contributed by atoms with E-state index >= 15 is 0 Å². The van der Waals surface area contributed by atoms with Gasteiger partial charge in [0.25, 0.3) is 0 Å². The molecular weight excluding hydrogens is 202 g/mol. The summed E-state index contributed by atoms with van der Waals surface area (Å²) in [5.74, 6) is 0. The largest absolute Gasteiger partial charge is 0.211 e. The molecule has 16 heavy (non-hydrogen) atoms. The molecule has 0 aliphatic heterocycles. The van der Waals surface area contributed by atoms with Gasteiger partial charge in [-0.15, -0.1) is 10.2 Å². The molecule has 0 spiro atoms. The molecule has 80 valence electrons. The van der Waals surface area contributed by atoms with E-state index in [-0.39, 0.29) is 0 Å². The molecular formula is C11H11N5. The smallest absolute Gasteiger partial charge is 0.205 e. The van der Waals surface area contributed by atoms with Crippen molar-refractivity contribution in [3.63, 3.8) is 0 Å². The molecule has 0 unspecified atom stereocenters.